The predicted molar refractivity (Wildman–Crippen MR) is 44.0 cm³/mol. The van der Waals surface area contributed by atoms with Gasteiger partial charge in [-0.3, -0.25) is 0 Å². The molecule has 2 nitrogen and oxygen atoms in total. The van der Waals surface area contributed by atoms with E-state index in [2.05, 4.69) is 36.9 Å². The third-order valence-corrected chi connectivity index (χ3v) is 1.77. The van der Waals surface area contributed by atoms with Crippen molar-refractivity contribution in [3.8, 4) is 0 Å². The Kier molecular flexibility index (Phi) is 2.10. The van der Waals surface area contributed by atoms with E-state index in [1.54, 1.807) is 0 Å². The van der Waals surface area contributed by atoms with Gasteiger partial charge in [-0.1, -0.05) is 13.8 Å². The minimum Gasteiger partial charge on any atom is -0.359 e. The van der Waals surface area contributed by atoms with Gasteiger partial charge >= 0.3 is 0 Å². The normalized spacial score (nSPS) is 24.4. The second-order valence-corrected chi connectivity index (χ2v) is 3.01. The molecule has 1 aliphatic heterocycles. The molecule has 0 saturated heterocycles. The summed E-state index contributed by atoms with van der Waals surface area (Å²) < 4.78 is 0. The Labute approximate surface area is 62.3 Å². The molecule has 0 radical (unpaired) electrons. The van der Waals surface area contributed by atoms with Crippen LogP contribution in [0.25, 0.3) is 0 Å². The summed E-state index contributed by atoms with van der Waals surface area (Å²) >= 11 is 0. The van der Waals surface area contributed by atoms with E-state index in [9.17, 15) is 0 Å². The van der Waals surface area contributed by atoms with Crippen LogP contribution in [0.2, 0.25) is 0 Å². The molecule has 0 aromatic carbocycles. The Bertz CT molecular complexity index is 159. The molecule has 0 aromatic rings. The van der Waals surface area contributed by atoms with Crippen molar-refractivity contribution < 1.29 is 0 Å². The summed E-state index contributed by atoms with van der Waals surface area (Å²) in [6, 6.07) is 0.525. The highest BCUT2D eigenvalue weighted by atomic mass is 15.2. The van der Waals surface area contributed by atoms with Gasteiger partial charge in [-0.05, 0) is 12.0 Å². The molecule has 0 fully saturated rings. The smallest absolute Gasteiger partial charge is 0.0907 e. The van der Waals surface area contributed by atoms with Gasteiger partial charge in [0.15, 0.2) is 0 Å². The van der Waals surface area contributed by atoms with Crippen molar-refractivity contribution >= 4 is 6.34 Å². The second kappa shape index (κ2) is 2.86. The van der Waals surface area contributed by atoms with Crippen LogP contribution < -0.4 is 0 Å². The Morgan fingerprint density at radius 1 is 1.50 bits per heavy atom. The minimum absolute atomic E-state index is 0.525. The molecule has 0 aromatic heterocycles. The van der Waals surface area contributed by atoms with Gasteiger partial charge < -0.3 is 4.90 Å². The van der Waals surface area contributed by atoms with Crippen molar-refractivity contribution in [1.82, 2.24) is 4.90 Å². The molecule has 0 bridgehead atoms. The van der Waals surface area contributed by atoms with Crippen molar-refractivity contribution in [2.45, 2.75) is 19.9 Å². The lowest BCUT2D eigenvalue weighted by Gasteiger charge is -2.28. The zero-order valence-electron chi connectivity index (χ0n) is 6.78. The first-order valence-corrected chi connectivity index (χ1v) is 3.63. The topological polar surface area (TPSA) is 15.6 Å². The quantitative estimate of drug-likeness (QED) is 0.536. The van der Waals surface area contributed by atoms with E-state index in [0.717, 1.165) is 0 Å². The summed E-state index contributed by atoms with van der Waals surface area (Å²) in [6.07, 6.45) is 5.86. The molecule has 1 atom stereocenters. The first kappa shape index (κ1) is 7.32. The van der Waals surface area contributed by atoms with Gasteiger partial charge in [0.2, 0.25) is 0 Å². The monoisotopic (exact) mass is 138 g/mol. The molecule has 1 rings (SSSR count). The molecule has 56 valence electrons. The molecule has 2 heteroatoms. The molecule has 10 heavy (non-hydrogen) atoms. The van der Waals surface area contributed by atoms with Crippen LogP contribution in [0.1, 0.15) is 13.8 Å². The van der Waals surface area contributed by atoms with E-state index in [1.807, 2.05) is 12.5 Å². The van der Waals surface area contributed by atoms with Gasteiger partial charge in [0.05, 0.1) is 12.4 Å². The number of rotatable bonds is 1. The molecular formula is C8H14N2. The molecule has 0 amide bonds. The maximum Gasteiger partial charge on any atom is 0.0907 e. The van der Waals surface area contributed by atoms with Crippen LogP contribution in [0.4, 0.5) is 0 Å². The number of hydrogen-bond donors (Lipinski definition) is 0. The van der Waals surface area contributed by atoms with Gasteiger partial charge in [-0.15, -0.1) is 0 Å². The fraction of sp³-hybridized carbons (Fsp3) is 0.625. The van der Waals surface area contributed by atoms with E-state index >= 15 is 0 Å². The number of aliphatic imine (C=N–C) groups is 1. The maximum absolute atomic E-state index is 4.01. The molecule has 1 aliphatic rings. The summed E-state index contributed by atoms with van der Waals surface area (Å²) in [7, 11) is 2.05. The summed E-state index contributed by atoms with van der Waals surface area (Å²) in [4.78, 5) is 6.14. The fourth-order valence-electron chi connectivity index (χ4n) is 1.19. The van der Waals surface area contributed by atoms with Gasteiger partial charge in [0.1, 0.15) is 0 Å². The molecule has 0 N–H and O–H groups in total. The highest BCUT2D eigenvalue weighted by Crippen LogP contribution is 2.11. The van der Waals surface area contributed by atoms with Crippen LogP contribution in [-0.2, 0) is 0 Å². The van der Waals surface area contributed by atoms with Crippen molar-refractivity contribution in [3.05, 3.63) is 12.3 Å². The molecule has 1 unspecified atom stereocenters. The standard InChI is InChI=1S/C8H14N2/c1-7(2)8-4-5-9-6-10(8)3/h4-8H,1-3H3. The largest absolute Gasteiger partial charge is 0.359 e. The van der Waals surface area contributed by atoms with Crippen molar-refractivity contribution in [3.63, 3.8) is 0 Å². The zero-order valence-corrected chi connectivity index (χ0v) is 6.78. The Hall–Kier alpha value is -0.790. The average Bonchev–Trinajstić information content (AvgIpc) is 1.88. The van der Waals surface area contributed by atoms with E-state index in [0.29, 0.717) is 12.0 Å². The first-order chi connectivity index (χ1) is 4.72. The van der Waals surface area contributed by atoms with E-state index < -0.39 is 0 Å². The Morgan fingerprint density at radius 3 is 2.60 bits per heavy atom. The molecular weight excluding hydrogens is 124 g/mol. The molecule has 0 aliphatic carbocycles. The van der Waals surface area contributed by atoms with Crippen molar-refractivity contribution in [2.24, 2.45) is 10.9 Å². The van der Waals surface area contributed by atoms with E-state index in [4.69, 9.17) is 0 Å². The van der Waals surface area contributed by atoms with Crippen LogP contribution in [-0.4, -0.2) is 24.3 Å². The lowest BCUT2D eigenvalue weighted by molar-refractivity contribution is 0.345. The molecule has 0 saturated carbocycles. The summed E-state index contributed by atoms with van der Waals surface area (Å²) in [5.74, 6) is 0.660. The van der Waals surface area contributed by atoms with Crippen LogP contribution in [0.15, 0.2) is 17.3 Å². The van der Waals surface area contributed by atoms with Gasteiger partial charge in [-0.2, -0.15) is 0 Å². The van der Waals surface area contributed by atoms with E-state index in [-0.39, 0.29) is 0 Å². The average molecular weight is 138 g/mol. The third-order valence-electron chi connectivity index (χ3n) is 1.77. The van der Waals surface area contributed by atoms with Crippen LogP contribution in [0.3, 0.4) is 0 Å². The summed E-state index contributed by atoms with van der Waals surface area (Å²) in [5, 5.41) is 0. The van der Waals surface area contributed by atoms with Crippen LogP contribution in [0.5, 0.6) is 0 Å². The summed E-state index contributed by atoms with van der Waals surface area (Å²) in [6.45, 7) is 4.43. The number of hydrogen-bond acceptors (Lipinski definition) is 2. The minimum atomic E-state index is 0.525. The zero-order chi connectivity index (χ0) is 7.56. The van der Waals surface area contributed by atoms with Crippen LogP contribution in [0, 0.1) is 5.92 Å². The third kappa shape index (κ3) is 1.38. The Balaban J connectivity index is 2.61. The predicted octanol–water partition coefficient (Wildman–Crippen LogP) is 1.50. The molecule has 0 spiro atoms. The number of nitrogens with zero attached hydrogens (tertiary/aromatic N) is 2. The first-order valence-electron chi connectivity index (χ1n) is 3.63. The lowest BCUT2D eigenvalue weighted by atomic mass is 10.0. The summed E-state index contributed by atoms with van der Waals surface area (Å²) in [5.41, 5.74) is 0. The molecule has 1 heterocycles. The number of likely N-dealkylation sites (N-methyl/N-ethyl adjacent to an activating group) is 1. The maximum atomic E-state index is 4.01. The van der Waals surface area contributed by atoms with Crippen molar-refractivity contribution in [2.75, 3.05) is 7.05 Å². The Morgan fingerprint density at radius 2 is 2.20 bits per heavy atom. The van der Waals surface area contributed by atoms with E-state index in [1.165, 1.54) is 0 Å². The second-order valence-electron chi connectivity index (χ2n) is 3.01. The van der Waals surface area contributed by atoms with Gasteiger partial charge in [-0.25, -0.2) is 4.99 Å². The van der Waals surface area contributed by atoms with Gasteiger partial charge in [0, 0.05) is 13.2 Å². The van der Waals surface area contributed by atoms with Gasteiger partial charge in [0.25, 0.3) is 0 Å². The highest BCUT2D eigenvalue weighted by molar-refractivity contribution is 5.57. The van der Waals surface area contributed by atoms with Crippen LogP contribution >= 0.6 is 0 Å². The SMILES string of the molecule is CC(C)C1C=CN=CN1C. The van der Waals surface area contributed by atoms with Crippen molar-refractivity contribution in [1.29, 1.82) is 0 Å². The fourth-order valence-corrected chi connectivity index (χ4v) is 1.19. The highest BCUT2D eigenvalue weighted by Gasteiger charge is 2.14. The lowest BCUT2D eigenvalue weighted by Crippen LogP contribution is -2.34.